The summed E-state index contributed by atoms with van der Waals surface area (Å²) in [6, 6.07) is 6.39. The minimum atomic E-state index is 0.0984. The lowest BCUT2D eigenvalue weighted by atomic mass is 10.0. The first kappa shape index (κ1) is 15.8. The van der Waals surface area contributed by atoms with Gasteiger partial charge in [-0.05, 0) is 43.9 Å². The summed E-state index contributed by atoms with van der Waals surface area (Å²) >= 11 is 0. The van der Waals surface area contributed by atoms with Crippen LogP contribution in [-0.2, 0) is 0 Å². The Bertz CT molecular complexity index is 513. The summed E-state index contributed by atoms with van der Waals surface area (Å²) in [5.74, 6) is 0.640. The van der Waals surface area contributed by atoms with Gasteiger partial charge in [-0.3, -0.25) is 4.79 Å². The molecule has 1 aliphatic heterocycles. The van der Waals surface area contributed by atoms with Crippen molar-refractivity contribution >= 4 is 11.6 Å². The van der Waals surface area contributed by atoms with E-state index in [1.165, 1.54) is 0 Å². The number of hydrogen-bond donors (Lipinski definition) is 2. The molecular weight excluding hydrogens is 262 g/mol. The summed E-state index contributed by atoms with van der Waals surface area (Å²) in [7, 11) is 0. The van der Waals surface area contributed by atoms with E-state index in [4.69, 9.17) is 5.73 Å². The number of carbonyl (C=O) groups excluding carboxylic acids is 1. The van der Waals surface area contributed by atoms with Gasteiger partial charge in [-0.15, -0.1) is 0 Å². The van der Waals surface area contributed by atoms with Crippen molar-refractivity contribution in [1.82, 2.24) is 4.90 Å². The third-order valence-electron chi connectivity index (χ3n) is 4.46. The number of anilines is 1. The number of likely N-dealkylation sites (tertiary alicyclic amines) is 1. The lowest BCUT2D eigenvalue weighted by Gasteiger charge is -2.22. The molecule has 0 bridgehead atoms. The maximum absolute atomic E-state index is 12.6. The van der Waals surface area contributed by atoms with Crippen LogP contribution >= 0.6 is 0 Å². The van der Waals surface area contributed by atoms with Gasteiger partial charge in [0.15, 0.2) is 0 Å². The molecule has 3 N–H and O–H groups in total. The van der Waals surface area contributed by atoms with Crippen LogP contribution in [0.25, 0.3) is 0 Å². The Morgan fingerprint density at radius 2 is 2.10 bits per heavy atom. The largest absolute Gasteiger partial charge is 0.382 e. The van der Waals surface area contributed by atoms with Gasteiger partial charge >= 0.3 is 0 Å². The van der Waals surface area contributed by atoms with Gasteiger partial charge < -0.3 is 16.0 Å². The molecule has 1 heterocycles. The van der Waals surface area contributed by atoms with E-state index in [0.29, 0.717) is 18.5 Å². The first-order valence-electron chi connectivity index (χ1n) is 7.81. The maximum atomic E-state index is 12.6. The van der Waals surface area contributed by atoms with Crippen molar-refractivity contribution in [3.8, 4) is 0 Å². The zero-order valence-electron chi connectivity index (χ0n) is 13.5. The highest BCUT2D eigenvalue weighted by atomic mass is 16.2. The molecule has 21 heavy (non-hydrogen) atoms. The van der Waals surface area contributed by atoms with Crippen molar-refractivity contribution in [2.24, 2.45) is 11.7 Å². The Balaban J connectivity index is 2.19. The molecule has 116 valence electrons. The molecule has 0 saturated carbocycles. The highest BCUT2D eigenvalue weighted by Crippen LogP contribution is 2.23. The lowest BCUT2D eigenvalue weighted by molar-refractivity contribution is 0.0790. The van der Waals surface area contributed by atoms with Crippen LogP contribution in [0.2, 0.25) is 0 Å². The van der Waals surface area contributed by atoms with Crippen molar-refractivity contribution in [2.45, 2.75) is 46.2 Å². The molecule has 1 saturated heterocycles. The molecule has 1 aromatic carbocycles. The summed E-state index contributed by atoms with van der Waals surface area (Å²) in [5.41, 5.74) is 8.75. The van der Waals surface area contributed by atoms with Gasteiger partial charge in [0.1, 0.15) is 0 Å². The van der Waals surface area contributed by atoms with Crippen LogP contribution in [0, 0.1) is 12.8 Å². The Morgan fingerprint density at radius 1 is 1.38 bits per heavy atom. The number of benzene rings is 1. The minimum absolute atomic E-state index is 0.0984. The lowest BCUT2D eigenvalue weighted by Crippen LogP contribution is -2.32. The molecule has 1 unspecified atom stereocenters. The van der Waals surface area contributed by atoms with Crippen molar-refractivity contribution < 1.29 is 4.79 Å². The summed E-state index contributed by atoms with van der Waals surface area (Å²) in [6.07, 6.45) is 0.896. The molecule has 1 amide bonds. The van der Waals surface area contributed by atoms with Gasteiger partial charge in [-0.1, -0.05) is 19.9 Å². The van der Waals surface area contributed by atoms with Gasteiger partial charge in [0.05, 0.1) is 0 Å². The average Bonchev–Trinajstić information content (AvgIpc) is 2.87. The van der Waals surface area contributed by atoms with Crippen LogP contribution in [0.5, 0.6) is 0 Å². The fourth-order valence-corrected chi connectivity index (χ4v) is 2.58. The molecular formula is C17H27N3O. The fourth-order valence-electron chi connectivity index (χ4n) is 2.58. The Labute approximate surface area is 127 Å². The van der Waals surface area contributed by atoms with Crippen molar-refractivity contribution in [3.05, 3.63) is 29.3 Å². The molecule has 4 nitrogen and oxygen atoms in total. The summed E-state index contributed by atoms with van der Waals surface area (Å²) in [4.78, 5) is 14.5. The zero-order chi connectivity index (χ0) is 15.6. The highest BCUT2D eigenvalue weighted by molar-refractivity contribution is 5.97. The third kappa shape index (κ3) is 3.56. The smallest absolute Gasteiger partial charge is 0.254 e. The van der Waals surface area contributed by atoms with E-state index in [1.807, 2.05) is 30.0 Å². The van der Waals surface area contributed by atoms with E-state index in [2.05, 4.69) is 26.1 Å². The van der Waals surface area contributed by atoms with E-state index in [-0.39, 0.29) is 11.9 Å². The number of nitrogens with two attached hydrogens (primary N) is 1. The van der Waals surface area contributed by atoms with E-state index < -0.39 is 0 Å². The standard InChI is InChI=1S/C17H27N3O/c1-11(2)13(4)19-16-7-5-6-15(12(16)3)17(21)20-9-8-14(18)10-20/h5-7,11,13-14,19H,8-10,18H2,1-4H3/t13?,14-/m1/s1. The third-order valence-corrected chi connectivity index (χ3v) is 4.46. The molecule has 2 atom stereocenters. The summed E-state index contributed by atoms with van der Waals surface area (Å²) in [5, 5.41) is 3.51. The number of nitrogens with zero attached hydrogens (tertiary/aromatic N) is 1. The van der Waals surface area contributed by atoms with E-state index >= 15 is 0 Å². The monoisotopic (exact) mass is 289 g/mol. The second-order valence-corrected chi connectivity index (χ2v) is 6.46. The van der Waals surface area contributed by atoms with Crippen molar-refractivity contribution in [3.63, 3.8) is 0 Å². The summed E-state index contributed by atoms with van der Waals surface area (Å²) in [6.45, 7) is 9.98. The topological polar surface area (TPSA) is 58.4 Å². The molecule has 0 spiro atoms. The average molecular weight is 289 g/mol. The SMILES string of the molecule is Cc1c(NC(C)C(C)C)cccc1C(=O)N1CC[C@@H](N)C1. The van der Waals surface area contributed by atoms with Crippen LogP contribution in [0.3, 0.4) is 0 Å². The molecule has 2 rings (SSSR count). The Hall–Kier alpha value is -1.55. The molecule has 0 radical (unpaired) electrons. The predicted octanol–water partition coefficient (Wildman–Crippen LogP) is 2.62. The van der Waals surface area contributed by atoms with Gasteiger partial charge in [-0.2, -0.15) is 0 Å². The van der Waals surface area contributed by atoms with Gasteiger partial charge in [0.25, 0.3) is 5.91 Å². The van der Waals surface area contributed by atoms with E-state index in [9.17, 15) is 4.79 Å². The molecule has 1 aromatic rings. The zero-order valence-corrected chi connectivity index (χ0v) is 13.5. The number of amides is 1. The van der Waals surface area contributed by atoms with Crippen LogP contribution in [0.1, 0.15) is 43.1 Å². The van der Waals surface area contributed by atoms with Crippen LogP contribution < -0.4 is 11.1 Å². The maximum Gasteiger partial charge on any atom is 0.254 e. The van der Waals surface area contributed by atoms with Gasteiger partial charge in [0.2, 0.25) is 0 Å². The van der Waals surface area contributed by atoms with Gasteiger partial charge in [0, 0.05) is 36.4 Å². The minimum Gasteiger partial charge on any atom is -0.382 e. The molecule has 0 aliphatic carbocycles. The van der Waals surface area contributed by atoms with Crippen molar-refractivity contribution in [2.75, 3.05) is 18.4 Å². The van der Waals surface area contributed by atoms with Crippen LogP contribution in [0.4, 0.5) is 5.69 Å². The van der Waals surface area contributed by atoms with Crippen molar-refractivity contribution in [1.29, 1.82) is 0 Å². The van der Waals surface area contributed by atoms with Gasteiger partial charge in [-0.25, -0.2) is 0 Å². The number of rotatable bonds is 4. The molecule has 1 aliphatic rings. The number of nitrogens with one attached hydrogen (secondary N) is 1. The fraction of sp³-hybridized carbons (Fsp3) is 0.588. The molecule has 1 fully saturated rings. The first-order chi connectivity index (χ1) is 9.90. The molecule has 4 heteroatoms. The highest BCUT2D eigenvalue weighted by Gasteiger charge is 2.26. The summed E-state index contributed by atoms with van der Waals surface area (Å²) < 4.78 is 0. The quantitative estimate of drug-likeness (QED) is 0.896. The van der Waals surface area contributed by atoms with E-state index in [0.717, 1.165) is 29.8 Å². The first-order valence-corrected chi connectivity index (χ1v) is 7.81. The molecule has 0 aromatic heterocycles. The Morgan fingerprint density at radius 3 is 2.67 bits per heavy atom. The second-order valence-electron chi connectivity index (χ2n) is 6.46. The predicted molar refractivity (Wildman–Crippen MR) is 87.6 cm³/mol. The number of hydrogen-bond acceptors (Lipinski definition) is 3. The van der Waals surface area contributed by atoms with Crippen LogP contribution in [0.15, 0.2) is 18.2 Å². The Kier molecular flexibility index (Phi) is 4.88. The van der Waals surface area contributed by atoms with E-state index in [1.54, 1.807) is 0 Å². The second kappa shape index (κ2) is 6.48. The van der Waals surface area contributed by atoms with Crippen LogP contribution in [-0.4, -0.2) is 36.0 Å². The number of carbonyl (C=O) groups is 1. The normalized spacial score (nSPS) is 19.9.